The van der Waals surface area contributed by atoms with Crippen LogP contribution in [0.5, 0.6) is 5.75 Å². The van der Waals surface area contributed by atoms with Crippen molar-refractivity contribution in [2.45, 2.75) is 51.6 Å². The van der Waals surface area contributed by atoms with Crippen molar-refractivity contribution >= 4 is 0 Å². The molecule has 0 spiro atoms. The van der Waals surface area contributed by atoms with Crippen molar-refractivity contribution in [3.63, 3.8) is 0 Å². The molecular weight excluding hydrogens is 404 g/mol. The van der Waals surface area contributed by atoms with E-state index in [0.29, 0.717) is 17.9 Å². The molecule has 0 amide bonds. The molecule has 3 aromatic carbocycles. The van der Waals surface area contributed by atoms with E-state index in [4.69, 9.17) is 4.74 Å². The Labute approximate surface area is 199 Å². The van der Waals surface area contributed by atoms with Gasteiger partial charge in [0, 0.05) is 32.2 Å². The molecule has 0 aliphatic carbocycles. The van der Waals surface area contributed by atoms with Gasteiger partial charge in [-0.25, -0.2) is 0 Å². The molecule has 0 aromatic heterocycles. The lowest BCUT2D eigenvalue weighted by atomic mass is 9.89. The minimum atomic E-state index is 0.356. The topological polar surface area (TPSA) is 24.5 Å². The Kier molecular flexibility index (Phi) is 7.85. The zero-order valence-electron chi connectivity index (χ0n) is 20.6. The maximum absolute atomic E-state index is 5.69. The molecule has 1 N–H and O–H groups in total. The van der Waals surface area contributed by atoms with E-state index >= 15 is 0 Å². The van der Waals surface area contributed by atoms with Gasteiger partial charge in [-0.3, -0.25) is 4.90 Å². The van der Waals surface area contributed by atoms with Gasteiger partial charge in [0.05, 0.1) is 7.11 Å². The van der Waals surface area contributed by atoms with Crippen molar-refractivity contribution in [3.05, 3.63) is 101 Å². The maximum atomic E-state index is 5.69. The van der Waals surface area contributed by atoms with Crippen molar-refractivity contribution in [2.75, 3.05) is 26.7 Å². The summed E-state index contributed by atoms with van der Waals surface area (Å²) in [6, 6.07) is 26.9. The van der Waals surface area contributed by atoms with E-state index < -0.39 is 0 Å². The maximum Gasteiger partial charge on any atom is 0.122 e. The van der Waals surface area contributed by atoms with Gasteiger partial charge in [0.1, 0.15) is 5.75 Å². The summed E-state index contributed by atoms with van der Waals surface area (Å²) in [4.78, 5) is 2.57. The fourth-order valence-electron chi connectivity index (χ4n) is 5.04. The first-order valence-corrected chi connectivity index (χ1v) is 12.3. The lowest BCUT2D eigenvalue weighted by Crippen LogP contribution is -2.45. The zero-order valence-corrected chi connectivity index (χ0v) is 20.6. The Morgan fingerprint density at radius 2 is 1.73 bits per heavy atom. The SMILES string of the molecule is COc1cc(CN2CCNC(c3ccccc3CC(C)c3ccccc3)C2)ccc1C(C)C. The Morgan fingerprint density at radius 3 is 2.48 bits per heavy atom. The van der Waals surface area contributed by atoms with Crippen molar-refractivity contribution < 1.29 is 4.74 Å². The van der Waals surface area contributed by atoms with Gasteiger partial charge in [0.15, 0.2) is 0 Å². The first-order chi connectivity index (χ1) is 16.0. The van der Waals surface area contributed by atoms with E-state index in [1.807, 2.05) is 0 Å². The van der Waals surface area contributed by atoms with E-state index in [0.717, 1.165) is 38.3 Å². The highest BCUT2D eigenvalue weighted by Gasteiger charge is 2.23. The molecule has 0 bridgehead atoms. The zero-order chi connectivity index (χ0) is 23.2. The highest BCUT2D eigenvalue weighted by atomic mass is 16.5. The number of rotatable bonds is 8. The lowest BCUT2D eigenvalue weighted by Gasteiger charge is -2.35. The van der Waals surface area contributed by atoms with Gasteiger partial charge >= 0.3 is 0 Å². The molecule has 3 aromatic rings. The highest BCUT2D eigenvalue weighted by molar-refractivity contribution is 5.39. The molecule has 1 fully saturated rings. The third-order valence-electron chi connectivity index (χ3n) is 6.91. The third kappa shape index (κ3) is 5.85. The quantitative estimate of drug-likeness (QED) is 0.442. The summed E-state index contributed by atoms with van der Waals surface area (Å²) in [6.45, 7) is 10.8. The Balaban J connectivity index is 1.47. The second-order valence-electron chi connectivity index (χ2n) is 9.69. The summed E-state index contributed by atoms with van der Waals surface area (Å²) in [5.74, 6) is 1.97. The molecule has 4 rings (SSSR count). The van der Waals surface area contributed by atoms with Gasteiger partial charge in [0.2, 0.25) is 0 Å². The first-order valence-electron chi connectivity index (χ1n) is 12.3. The van der Waals surface area contributed by atoms with E-state index in [1.165, 1.54) is 27.8 Å². The van der Waals surface area contributed by atoms with E-state index in [2.05, 4.69) is 104 Å². The standard InChI is InChI=1S/C30H38N2O/c1-22(2)27-15-14-24(19-30(27)33-4)20-32-17-16-31-29(21-32)28-13-9-8-12-26(28)18-23(3)25-10-6-5-7-11-25/h5-15,19,22-23,29,31H,16-18,20-21H2,1-4H3. The minimum absolute atomic E-state index is 0.356. The van der Waals surface area contributed by atoms with Crippen LogP contribution >= 0.6 is 0 Å². The fraction of sp³-hybridized carbons (Fsp3) is 0.400. The number of methoxy groups -OCH3 is 1. The van der Waals surface area contributed by atoms with Gasteiger partial charge in [-0.2, -0.15) is 0 Å². The fourth-order valence-corrected chi connectivity index (χ4v) is 5.04. The van der Waals surface area contributed by atoms with Gasteiger partial charge in [0.25, 0.3) is 0 Å². The summed E-state index contributed by atoms with van der Waals surface area (Å²) >= 11 is 0. The molecule has 3 heteroatoms. The van der Waals surface area contributed by atoms with Crippen LogP contribution in [0.2, 0.25) is 0 Å². The molecule has 174 valence electrons. The molecule has 1 heterocycles. The summed E-state index contributed by atoms with van der Waals surface area (Å²) in [7, 11) is 1.78. The molecule has 1 saturated heterocycles. The van der Waals surface area contributed by atoms with Gasteiger partial charge in [-0.1, -0.05) is 87.5 Å². The largest absolute Gasteiger partial charge is 0.496 e. The third-order valence-corrected chi connectivity index (χ3v) is 6.91. The number of nitrogens with one attached hydrogen (secondary N) is 1. The number of benzene rings is 3. The van der Waals surface area contributed by atoms with E-state index in [9.17, 15) is 0 Å². The number of hydrogen-bond acceptors (Lipinski definition) is 3. The van der Waals surface area contributed by atoms with Crippen LogP contribution in [-0.2, 0) is 13.0 Å². The molecule has 1 aliphatic rings. The number of nitrogens with zero attached hydrogens (tertiary/aromatic N) is 1. The van der Waals surface area contributed by atoms with Crippen LogP contribution in [-0.4, -0.2) is 31.6 Å². The number of ether oxygens (including phenoxy) is 1. The van der Waals surface area contributed by atoms with E-state index in [1.54, 1.807) is 7.11 Å². The molecule has 2 atom stereocenters. The highest BCUT2D eigenvalue weighted by Crippen LogP contribution is 2.30. The Hall–Kier alpha value is -2.62. The summed E-state index contributed by atoms with van der Waals surface area (Å²) < 4.78 is 5.69. The summed E-state index contributed by atoms with van der Waals surface area (Å²) in [5.41, 5.74) is 6.90. The van der Waals surface area contributed by atoms with Crippen LogP contribution in [0.3, 0.4) is 0 Å². The Bertz CT molecular complexity index is 1030. The molecule has 2 unspecified atom stereocenters. The average molecular weight is 443 g/mol. The van der Waals surface area contributed by atoms with Crippen LogP contribution in [0.1, 0.15) is 66.5 Å². The van der Waals surface area contributed by atoms with Crippen molar-refractivity contribution in [2.24, 2.45) is 0 Å². The molecule has 3 nitrogen and oxygen atoms in total. The van der Waals surface area contributed by atoms with Crippen molar-refractivity contribution in [3.8, 4) is 5.75 Å². The molecule has 0 saturated carbocycles. The van der Waals surface area contributed by atoms with Gasteiger partial charge in [-0.05, 0) is 52.1 Å². The van der Waals surface area contributed by atoms with Crippen LogP contribution in [0.25, 0.3) is 0 Å². The van der Waals surface area contributed by atoms with Crippen LogP contribution in [0, 0.1) is 0 Å². The van der Waals surface area contributed by atoms with E-state index in [-0.39, 0.29) is 0 Å². The normalized spacial score (nSPS) is 17.8. The van der Waals surface area contributed by atoms with Crippen molar-refractivity contribution in [1.82, 2.24) is 10.2 Å². The smallest absolute Gasteiger partial charge is 0.122 e. The number of piperazine rings is 1. The Morgan fingerprint density at radius 1 is 0.970 bits per heavy atom. The van der Waals surface area contributed by atoms with Crippen LogP contribution in [0.15, 0.2) is 72.8 Å². The number of hydrogen-bond donors (Lipinski definition) is 1. The minimum Gasteiger partial charge on any atom is -0.496 e. The second kappa shape index (κ2) is 11.0. The molecular formula is C30H38N2O. The first kappa shape index (κ1) is 23.5. The molecule has 1 aliphatic heterocycles. The lowest BCUT2D eigenvalue weighted by molar-refractivity contribution is 0.192. The van der Waals surface area contributed by atoms with Gasteiger partial charge in [-0.15, -0.1) is 0 Å². The average Bonchev–Trinajstić information content (AvgIpc) is 2.85. The van der Waals surface area contributed by atoms with Gasteiger partial charge < -0.3 is 10.1 Å². The van der Waals surface area contributed by atoms with Crippen LogP contribution in [0.4, 0.5) is 0 Å². The second-order valence-corrected chi connectivity index (χ2v) is 9.69. The summed E-state index contributed by atoms with van der Waals surface area (Å²) in [6.07, 6.45) is 1.06. The van der Waals surface area contributed by atoms with Crippen molar-refractivity contribution in [1.29, 1.82) is 0 Å². The predicted octanol–water partition coefficient (Wildman–Crippen LogP) is 6.31. The summed E-state index contributed by atoms with van der Waals surface area (Å²) in [5, 5.41) is 3.78. The monoisotopic (exact) mass is 442 g/mol. The molecule has 0 radical (unpaired) electrons. The molecule has 33 heavy (non-hydrogen) atoms. The predicted molar refractivity (Wildman–Crippen MR) is 138 cm³/mol. The van der Waals surface area contributed by atoms with Crippen LogP contribution < -0.4 is 10.1 Å².